The number of amides is 1. The van der Waals surface area contributed by atoms with Crippen molar-refractivity contribution in [2.24, 2.45) is 0 Å². The molecule has 1 aromatic rings. The standard InChI is InChI=1S/C16H22N2O2S/c1-11(2)14-10-21-15(17-14)12-4-3-6-18(8-12)16(19)13-5-7-20-9-13/h9-12H,3-8H2,1-2H3. The maximum Gasteiger partial charge on any atom is 0.253 e. The van der Waals surface area contributed by atoms with Crippen molar-refractivity contribution >= 4 is 17.2 Å². The summed E-state index contributed by atoms with van der Waals surface area (Å²) in [5.41, 5.74) is 1.99. The van der Waals surface area contributed by atoms with Gasteiger partial charge in [0, 0.05) is 30.8 Å². The van der Waals surface area contributed by atoms with Crippen molar-refractivity contribution in [3.8, 4) is 0 Å². The van der Waals surface area contributed by atoms with Crippen molar-refractivity contribution in [1.29, 1.82) is 0 Å². The third-order valence-corrected chi connectivity index (χ3v) is 5.20. The van der Waals surface area contributed by atoms with Gasteiger partial charge in [-0.25, -0.2) is 4.98 Å². The number of thiazole rings is 1. The zero-order chi connectivity index (χ0) is 14.8. The highest BCUT2D eigenvalue weighted by Gasteiger charge is 2.29. The number of aromatic nitrogens is 1. The zero-order valence-electron chi connectivity index (χ0n) is 12.7. The Labute approximate surface area is 129 Å². The van der Waals surface area contributed by atoms with Crippen LogP contribution < -0.4 is 0 Å². The molecule has 1 amide bonds. The Morgan fingerprint density at radius 2 is 2.38 bits per heavy atom. The summed E-state index contributed by atoms with van der Waals surface area (Å²) in [6.07, 6.45) is 4.56. The zero-order valence-corrected chi connectivity index (χ0v) is 13.5. The molecule has 1 saturated heterocycles. The van der Waals surface area contributed by atoms with E-state index in [1.807, 2.05) is 4.90 Å². The van der Waals surface area contributed by atoms with Gasteiger partial charge in [-0.15, -0.1) is 11.3 Å². The van der Waals surface area contributed by atoms with Gasteiger partial charge in [-0.1, -0.05) is 13.8 Å². The minimum absolute atomic E-state index is 0.151. The van der Waals surface area contributed by atoms with E-state index in [1.165, 1.54) is 10.7 Å². The first-order valence-electron chi connectivity index (χ1n) is 7.70. The van der Waals surface area contributed by atoms with Gasteiger partial charge >= 0.3 is 0 Å². The maximum absolute atomic E-state index is 12.5. The second-order valence-corrected chi connectivity index (χ2v) is 7.01. The van der Waals surface area contributed by atoms with Gasteiger partial charge in [0.05, 0.1) is 29.1 Å². The predicted octanol–water partition coefficient (Wildman–Crippen LogP) is 3.28. The fourth-order valence-electron chi connectivity index (χ4n) is 2.86. The number of hydrogen-bond donors (Lipinski definition) is 0. The molecule has 0 aliphatic carbocycles. The van der Waals surface area contributed by atoms with Crippen LogP contribution in [0.4, 0.5) is 0 Å². The lowest BCUT2D eigenvalue weighted by Gasteiger charge is -2.32. The molecular formula is C16H22N2O2S. The van der Waals surface area contributed by atoms with Gasteiger partial charge in [0.15, 0.2) is 0 Å². The summed E-state index contributed by atoms with van der Waals surface area (Å²) < 4.78 is 5.19. The molecule has 1 fully saturated rings. The summed E-state index contributed by atoms with van der Waals surface area (Å²) >= 11 is 1.74. The average Bonchev–Trinajstić information content (AvgIpc) is 3.18. The van der Waals surface area contributed by atoms with Gasteiger partial charge in [0.25, 0.3) is 5.91 Å². The van der Waals surface area contributed by atoms with Gasteiger partial charge < -0.3 is 9.64 Å². The summed E-state index contributed by atoms with van der Waals surface area (Å²) in [5, 5.41) is 3.35. The molecule has 0 saturated carbocycles. The predicted molar refractivity (Wildman–Crippen MR) is 83.4 cm³/mol. The number of carbonyl (C=O) groups is 1. The summed E-state index contributed by atoms with van der Waals surface area (Å²) in [7, 11) is 0. The van der Waals surface area contributed by atoms with Crippen LogP contribution in [0.25, 0.3) is 0 Å². The molecule has 0 bridgehead atoms. The van der Waals surface area contributed by atoms with Crippen LogP contribution >= 0.6 is 11.3 Å². The summed E-state index contributed by atoms with van der Waals surface area (Å²) in [6, 6.07) is 0. The van der Waals surface area contributed by atoms with Crippen LogP contribution in [0.15, 0.2) is 17.2 Å². The molecule has 0 N–H and O–H groups in total. The molecule has 1 atom stereocenters. The molecule has 21 heavy (non-hydrogen) atoms. The third-order valence-electron chi connectivity index (χ3n) is 4.18. The molecule has 1 aromatic heterocycles. The van der Waals surface area contributed by atoms with E-state index in [9.17, 15) is 4.79 Å². The first-order chi connectivity index (χ1) is 10.1. The van der Waals surface area contributed by atoms with Crippen molar-refractivity contribution in [3.05, 3.63) is 27.9 Å². The van der Waals surface area contributed by atoms with E-state index in [2.05, 4.69) is 19.2 Å². The van der Waals surface area contributed by atoms with E-state index in [4.69, 9.17) is 9.72 Å². The Hall–Kier alpha value is -1.36. The van der Waals surface area contributed by atoms with Crippen LogP contribution in [0, 0.1) is 0 Å². The van der Waals surface area contributed by atoms with E-state index in [1.54, 1.807) is 17.6 Å². The normalized spacial score (nSPS) is 22.3. The molecule has 4 nitrogen and oxygen atoms in total. The largest absolute Gasteiger partial charge is 0.500 e. The molecule has 2 aliphatic heterocycles. The first kappa shape index (κ1) is 14.6. The number of hydrogen-bond acceptors (Lipinski definition) is 4. The number of likely N-dealkylation sites (tertiary alicyclic amines) is 1. The van der Waals surface area contributed by atoms with E-state index in [-0.39, 0.29) is 5.91 Å². The number of piperidine rings is 1. The van der Waals surface area contributed by atoms with Gasteiger partial charge in [-0.3, -0.25) is 4.79 Å². The lowest BCUT2D eigenvalue weighted by molar-refractivity contribution is -0.128. The summed E-state index contributed by atoms with van der Waals surface area (Å²) in [5.74, 6) is 1.01. The molecule has 0 spiro atoms. The maximum atomic E-state index is 12.5. The second-order valence-electron chi connectivity index (χ2n) is 6.12. The van der Waals surface area contributed by atoms with E-state index in [0.29, 0.717) is 18.4 Å². The smallest absolute Gasteiger partial charge is 0.253 e. The van der Waals surface area contributed by atoms with Crippen molar-refractivity contribution in [3.63, 3.8) is 0 Å². The van der Waals surface area contributed by atoms with Crippen molar-refractivity contribution in [2.45, 2.75) is 44.9 Å². The molecule has 3 rings (SSSR count). The van der Waals surface area contributed by atoms with Crippen LogP contribution in [0.3, 0.4) is 0 Å². The minimum Gasteiger partial charge on any atom is -0.500 e. The first-order valence-corrected chi connectivity index (χ1v) is 8.58. The van der Waals surface area contributed by atoms with Crippen molar-refractivity contribution in [2.75, 3.05) is 19.7 Å². The van der Waals surface area contributed by atoms with Crippen LogP contribution in [0.2, 0.25) is 0 Å². The van der Waals surface area contributed by atoms with E-state index < -0.39 is 0 Å². The Kier molecular flexibility index (Phi) is 4.29. The second kappa shape index (κ2) is 6.18. The highest BCUT2D eigenvalue weighted by molar-refractivity contribution is 7.09. The minimum atomic E-state index is 0.151. The highest BCUT2D eigenvalue weighted by atomic mass is 32.1. The monoisotopic (exact) mass is 306 g/mol. The molecule has 0 radical (unpaired) electrons. The van der Waals surface area contributed by atoms with Crippen LogP contribution in [0.5, 0.6) is 0 Å². The van der Waals surface area contributed by atoms with Gasteiger partial charge in [-0.05, 0) is 18.8 Å². The van der Waals surface area contributed by atoms with E-state index in [0.717, 1.165) is 37.9 Å². The Balaban J connectivity index is 1.68. The van der Waals surface area contributed by atoms with Gasteiger partial charge in [0.1, 0.15) is 0 Å². The molecule has 1 unspecified atom stereocenters. The van der Waals surface area contributed by atoms with Crippen molar-refractivity contribution < 1.29 is 9.53 Å². The van der Waals surface area contributed by atoms with Crippen LogP contribution in [0.1, 0.15) is 55.6 Å². The molecule has 114 valence electrons. The van der Waals surface area contributed by atoms with Gasteiger partial charge in [-0.2, -0.15) is 0 Å². The molecule has 2 aliphatic rings. The fourth-order valence-corrected chi connectivity index (χ4v) is 3.97. The quantitative estimate of drug-likeness (QED) is 0.860. The SMILES string of the molecule is CC(C)c1csc(C2CCCN(C(=O)C3=COCC3)C2)n1. The molecule has 5 heteroatoms. The van der Waals surface area contributed by atoms with E-state index >= 15 is 0 Å². The Morgan fingerprint density at radius 1 is 1.52 bits per heavy atom. The topological polar surface area (TPSA) is 42.4 Å². The van der Waals surface area contributed by atoms with Crippen LogP contribution in [-0.2, 0) is 9.53 Å². The molecule has 0 aromatic carbocycles. The van der Waals surface area contributed by atoms with Gasteiger partial charge in [0.2, 0.25) is 0 Å². The number of ether oxygens (including phenoxy) is 1. The Morgan fingerprint density at radius 3 is 3.05 bits per heavy atom. The number of carbonyl (C=O) groups excluding carboxylic acids is 1. The third kappa shape index (κ3) is 3.12. The molecular weight excluding hydrogens is 284 g/mol. The summed E-state index contributed by atoms with van der Waals surface area (Å²) in [6.45, 7) is 6.63. The number of rotatable bonds is 3. The average molecular weight is 306 g/mol. The fraction of sp³-hybridized carbons (Fsp3) is 0.625. The lowest BCUT2D eigenvalue weighted by Crippen LogP contribution is -2.39. The summed E-state index contributed by atoms with van der Waals surface area (Å²) in [4.78, 5) is 19.2. The highest BCUT2D eigenvalue weighted by Crippen LogP contribution is 2.31. The van der Waals surface area contributed by atoms with Crippen molar-refractivity contribution in [1.82, 2.24) is 9.88 Å². The Bertz CT molecular complexity index is 550. The van der Waals surface area contributed by atoms with Crippen LogP contribution in [-0.4, -0.2) is 35.5 Å². The number of nitrogens with zero attached hydrogens (tertiary/aromatic N) is 2. The lowest BCUT2D eigenvalue weighted by atomic mass is 9.97. The molecule has 3 heterocycles.